The van der Waals surface area contributed by atoms with Gasteiger partial charge in [0.15, 0.2) is 0 Å². The van der Waals surface area contributed by atoms with Crippen LogP contribution in [0.3, 0.4) is 0 Å². The molecule has 0 bridgehead atoms. The standard InChI is InChI=1S/C36H22N4/c1-2-10-23(11-3-1)39-31-16-8-6-14-27(31)33-25-12-4-5-13-26(25)34-28-15-7-9-17-32(28)40(36(34)35(33)39)24-18-19-29-30(22-24)38-21-20-37-29/h1-22H. The van der Waals surface area contributed by atoms with Crippen molar-refractivity contribution < 1.29 is 0 Å². The van der Waals surface area contributed by atoms with Crippen molar-refractivity contribution in [3.8, 4) is 11.4 Å². The number of hydrogen-bond acceptors (Lipinski definition) is 2. The van der Waals surface area contributed by atoms with Crippen molar-refractivity contribution in [2.24, 2.45) is 0 Å². The number of nitrogens with zero attached hydrogens (tertiary/aromatic N) is 4. The third-order valence-corrected chi connectivity index (χ3v) is 8.16. The van der Waals surface area contributed by atoms with Crippen molar-refractivity contribution in [1.29, 1.82) is 0 Å². The van der Waals surface area contributed by atoms with Crippen molar-refractivity contribution in [3.05, 3.63) is 134 Å². The van der Waals surface area contributed by atoms with E-state index in [4.69, 9.17) is 0 Å². The fourth-order valence-corrected chi connectivity index (χ4v) is 6.60. The zero-order valence-electron chi connectivity index (χ0n) is 21.5. The molecular weight excluding hydrogens is 488 g/mol. The second kappa shape index (κ2) is 8.01. The van der Waals surface area contributed by atoms with Gasteiger partial charge < -0.3 is 9.13 Å². The van der Waals surface area contributed by atoms with Crippen molar-refractivity contribution in [2.75, 3.05) is 0 Å². The number of rotatable bonds is 2. The molecule has 0 amide bonds. The Bertz CT molecular complexity index is 2430. The molecular formula is C36H22N4. The molecule has 9 rings (SSSR count). The van der Waals surface area contributed by atoms with Gasteiger partial charge in [0.05, 0.1) is 33.1 Å². The summed E-state index contributed by atoms with van der Waals surface area (Å²) in [5, 5.41) is 7.55. The van der Waals surface area contributed by atoms with Gasteiger partial charge >= 0.3 is 0 Å². The molecule has 0 saturated heterocycles. The van der Waals surface area contributed by atoms with E-state index < -0.39 is 0 Å². The molecule has 4 heteroatoms. The van der Waals surface area contributed by atoms with E-state index in [-0.39, 0.29) is 0 Å². The highest BCUT2D eigenvalue weighted by Gasteiger charge is 2.24. The first-order chi connectivity index (χ1) is 19.9. The summed E-state index contributed by atoms with van der Waals surface area (Å²) in [6.07, 6.45) is 3.51. The Labute approximate surface area is 229 Å². The zero-order chi connectivity index (χ0) is 26.2. The molecule has 0 aliphatic rings. The lowest BCUT2D eigenvalue weighted by Crippen LogP contribution is -1.99. The zero-order valence-corrected chi connectivity index (χ0v) is 21.5. The maximum atomic E-state index is 4.64. The molecule has 6 aromatic carbocycles. The van der Waals surface area contributed by atoms with E-state index >= 15 is 0 Å². The topological polar surface area (TPSA) is 35.6 Å². The van der Waals surface area contributed by atoms with E-state index in [1.54, 1.807) is 12.4 Å². The molecule has 0 spiro atoms. The second-order valence-corrected chi connectivity index (χ2v) is 10.3. The van der Waals surface area contributed by atoms with Crippen LogP contribution < -0.4 is 0 Å². The van der Waals surface area contributed by atoms with Crippen molar-refractivity contribution >= 4 is 65.4 Å². The van der Waals surface area contributed by atoms with Gasteiger partial charge in [-0.05, 0) is 53.2 Å². The summed E-state index contributed by atoms with van der Waals surface area (Å²) in [5.41, 5.74) is 8.75. The molecule has 3 heterocycles. The highest BCUT2D eigenvalue weighted by Crippen LogP contribution is 2.46. The summed E-state index contributed by atoms with van der Waals surface area (Å²) in [4.78, 5) is 9.17. The Morgan fingerprint density at radius 2 is 0.900 bits per heavy atom. The minimum atomic E-state index is 0.881. The van der Waals surface area contributed by atoms with Crippen LogP contribution in [0.4, 0.5) is 0 Å². The van der Waals surface area contributed by atoms with Crippen LogP contribution in [0.2, 0.25) is 0 Å². The number of para-hydroxylation sites is 3. The predicted molar refractivity (Wildman–Crippen MR) is 166 cm³/mol. The molecule has 0 N–H and O–H groups in total. The number of fused-ring (bicyclic) bond motifs is 11. The van der Waals surface area contributed by atoms with Gasteiger partial charge in [-0.1, -0.05) is 78.9 Å². The molecule has 0 saturated carbocycles. The summed E-state index contributed by atoms with van der Waals surface area (Å²) in [6.45, 7) is 0. The summed E-state index contributed by atoms with van der Waals surface area (Å²) in [5.74, 6) is 0. The highest BCUT2D eigenvalue weighted by molar-refractivity contribution is 6.36. The molecule has 0 atom stereocenters. The van der Waals surface area contributed by atoms with Gasteiger partial charge in [0.1, 0.15) is 0 Å². The molecule has 9 aromatic rings. The Hall–Kier alpha value is -5.48. The Morgan fingerprint density at radius 1 is 0.400 bits per heavy atom. The Kier molecular flexibility index (Phi) is 4.30. The average Bonchev–Trinajstić information content (AvgIpc) is 3.55. The fraction of sp³-hybridized carbons (Fsp3) is 0. The first-order valence-corrected chi connectivity index (χ1v) is 13.5. The normalized spacial score (nSPS) is 12.0. The minimum absolute atomic E-state index is 0.881. The van der Waals surface area contributed by atoms with E-state index in [1.807, 2.05) is 0 Å². The molecule has 0 aliphatic heterocycles. The van der Waals surface area contributed by atoms with E-state index in [2.05, 4.69) is 140 Å². The number of aromatic nitrogens is 4. The molecule has 0 fully saturated rings. The summed E-state index contributed by atoms with van der Waals surface area (Å²) < 4.78 is 4.86. The SMILES string of the molecule is c1ccc(-n2c3ccccc3c3c4ccccc4c4c5ccccc5n(-c5ccc6nccnc6c5)c4c32)cc1. The monoisotopic (exact) mass is 510 g/mol. The maximum Gasteiger partial charge on any atom is 0.0907 e. The molecule has 186 valence electrons. The van der Waals surface area contributed by atoms with Crippen LogP contribution >= 0.6 is 0 Å². The van der Waals surface area contributed by atoms with Crippen LogP contribution in [0, 0.1) is 0 Å². The van der Waals surface area contributed by atoms with Crippen molar-refractivity contribution in [2.45, 2.75) is 0 Å². The average molecular weight is 511 g/mol. The molecule has 0 radical (unpaired) electrons. The summed E-state index contributed by atoms with van der Waals surface area (Å²) >= 11 is 0. The molecule has 0 unspecified atom stereocenters. The second-order valence-electron chi connectivity index (χ2n) is 10.3. The Balaban J connectivity index is 1.63. The largest absolute Gasteiger partial charge is 0.307 e. The van der Waals surface area contributed by atoms with Crippen LogP contribution in [0.1, 0.15) is 0 Å². The quantitative estimate of drug-likeness (QED) is 0.233. The highest BCUT2D eigenvalue weighted by atomic mass is 15.0. The fourth-order valence-electron chi connectivity index (χ4n) is 6.60. The third-order valence-electron chi connectivity index (χ3n) is 8.16. The Morgan fingerprint density at radius 3 is 1.52 bits per heavy atom. The van der Waals surface area contributed by atoms with Crippen LogP contribution in [-0.2, 0) is 0 Å². The predicted octanol–water partition coefficient (Wildman–Crippen LogP) is 8.98. The van der Waals surface area contributed by atoms with E-state index in [0.717, 1.165) is 22.4 Å². The molecule has 4 nitrogen and oxygen atoms in total. The smallest absolute Gasteiger partial charge is 0.0907 e. The molecule has 3 aromatic heterocycles. The lowest BCUT2D eigenvalue weighted by molar-refractivity contribution is 1.15. The third kappa shape index (κ3) is 2.79. The molecule has 0 aliphatic carbocycles. The van der Waals surface area contributed by atoms with Gasteiger partial charge in [-0.2, -0.15) is 0 Å². The lowest BCUT2D eigenvalue weighted by Gasteiger charge is -2.14. The maximum absolute atomic E-state index is 4.64. The van der Waals surface area contributed by atoms with E-state index in [0.29, 0.717) is 0 Å². The van der Waals surface area contributed by atoms with Gasteiger partial charge in [0.25, 0.3) is 0 Å². The number of hydrogen-bond donors (Lipinski definition) is 0. The summed E-state index contributed by atoms with van der Waals surface area (Å²) in [6, 6.07) is 43.5. The van der Waals surface area contributed by atoms with Gasteiger partial charge in [-0.3, -0.25) is 9.97 Å². The number of benzene rings is 6. The van der Waals surface area contributed by atoms with E-state index in [9.17, 15) is 0 Å². The van der Waals surface area contributed by atoms with Crippen molar-refractivity contribution in [3.63, 3.8) is 0 Å². The van der Waals surface area contributed by atoms with Crippen molar-refractivity contribution in [1.82, 2.24) is 19.1 Å². The minimum Gasteiger partial charge on any atom is -0.307 e. The van der Waals surface area contributed by atoms with Crippen LogP contribution in [0.25, 0.3) is 76.8 Å². The van der Waals surface area contributed by atoms with Gasteiger partial charge in [-0.25, -0.2) is 0 Å². The van der Waals surface area contributed by atoms with E-state index in [1.165, 1.54) is 54.4 Å². The first-order valence-electron chi connectivity index (χ1n) is 13.5. The summed E-state index contributed by atoms with van der Waals surface area (Å²) in [7, 11) is 0. The van der Waals surface area contributed by atoms with Crippen LogP contribution in [-0.4, -0.2) is 19.1 Å². The van der Waals surface area contributed by atoms with Crippen LogP contribution in [0.15, 0.2) is 134 Å². The van der Waals surface area contributed by atoms with Gasteiger partial charge in [0.2, 0.25) is 0 Å². The first kappa shape index (κ1) is 21.5. The molecule has 40 heavy (non-hydrogen) atoms. The van der Waals surface area contributed by atoms with Gasteiger partial charge in [-0.15, -0.1) is 0 Å². The van der Waals surface area contributed by atoms with Gasteiger partial charge in [0, 0.05) is 45.3 Å². The lowest BCUT2D eigenvalue weighted by atomic mass is 9.98. The van der Waals surface area contributed by atoms with Crippen LogP contribution in [0.5, 0.6) is 0 Å².